The minimum atomic E-state index is -0.615. The minimum absolute atomic E-state index is 0.0162. The number of amides is 2. The zero-order valence-corrected chi connectivity index (χ0v) is 14.5. The van der Waals surface area contributed by atoms with Gasteiger partial charge in [0.1, 0.15) is 0 Å². The van der Waals surface area contributed by atoms with Gasteiger partial charge in [0.05, 0.1) is 5.60 Å². The topological polar surface area (TPSA) is 52.6 Å². The van der Waals surface area contributed by atoms with Crippen LogP contribution in [-0.2, 0) is 6.42 Å². The van der Waals surface area contributed by atoms with Crippen molar-refractivity contribution in [3.63, 3.8) is 0 Å². The van der Waals surface area contributed by atoms with Crippen LogP contribution in [0.2, 0.25) is 0 Å². The van der Waals surface area contributed by atoms with Crippen molar-refractivity contribution in [3.05, 3.63) is 59.8 Å². The molecule has 4 heteroatoms. The van der Waals surface area contributed by atoms with Gasteiger partial charge in [0, 0.05) is 25.2 Å². The Kier molecular flexibility index (Phi) is 4.38. The smallest absolute Gasteiger partial charge is 0.321 e. The van der Waals surface area contributed by atoms with E-state index in [-0.39, 0.29) is 6.03 Å². The van der Waals surface area contributed by atoms with Crippen molar-refractivity contribution in [1.82, 2.24) is 10.2 Å². The minimum Gasteiger partial charge on any atom is -0.390 e. The number of benzene rings is 1. The van der Waals surface area contributed by atoms with Gasteiger partial charge < -0.3 is 15.3 Å². The van der Waals surface area contributed by atoms with Gasteiger partial charge >= 0.3 is 6.03 Å². The van der Waals surface area contributed by atoms with E-state index in [9.17, 15) is 9.90 Å². The first-order valence-electron chi connectivity index (χ1n) is 9.29. The molecule has 3 aliphatic rings. The van der Waals surface area contributed by atoms with Gasteiger partial charge in [-0.3, -0.25) is 0 Å². The second kappa shape index (κ2) is 6.68. The Balaban J connectivity index is 1.33. The molecule has 3 atom stereocenters. The Morgan fingerprint density at radius 3 is 2.56 bits per heavy atom. The number of hydrogen-bond acceptors (Lipinski definition) is 2. The molecule has 0 unspecified atom stereocenters. The van der Waals surface area contributed by atoms with Gasteiger partial charge in [-0.1, -0.05) is 42.5 Å². The van der Waals surface area contributed by atoms with Crippen molar-refractivity contribution in [2.75, 3.05) is 13.1 Å². The number of aliphatic hydroxyl groups is 1. The molecule has 2 N–H and O–H groups in total. The van der Waals surface area contributed by atoms with Crippen molar-refractivity contribution < 1.29 is 9.90 Å². The number of nitrogens with zero attached hydrogens (tertiary/aromatic N) is 1. The molecule has 1 aromatic rings. The third kappa shape index (κ3) is 3.64. The SMILES string of the molecule is O=C(NC1=CC=CCC1)N1C[C@@H]2C[C@@](O)(Cc3ccccc3)C[C@@H]2C1. The molecule has 0 radical (unpaired) electrons. The molecular weight excluding hydrogens is 312 g/mol. The van der Waals surface area contributed by atoms with Gasteiger partial charge in [-0.15, -0.1) is 0 Å². The highest BCUT2D eigenvalue weighted by atomic mass is 16.3. The van der Waals surface area contributed by atoms with Crippen molar-refractivity contribution in [1.29, 1.82) is 0 Å². The van der Waals surface area contributed by atoms with Crippen LogP contribution >= 0.6 is 0 Å². The first-order chi connectivity index (χ1) is 12.1. The number of carbonyl (C=O) groups is 1. The molecule has 4 rings (SSSR count). The van der Waals surface area contributed by atoms with Crippen LogP contribution in [0.4, 0.5) is 4.79 Å². The fourth-order valence-electron chi connectivity index (χ4n) is 4.67. The summed E-state index contributed by atoms with van der Waals surface area (Å²) in [6.45, 7) is 1.52. The van der Waals surface area contributed by atoms with Crippen molar-refractivity contribution in [3.8, 4) is 0 Å². The Labute approximate surface area is 149 Å². The van der Waals surface area contributed by atoms with E-state index < -0.39 is 5.60 Å². The van der Waals surface area contributed by atoms with Crippen LogP contribution in [0.15, 0.2) is 54.3 Å². The lowest BCUT2D eigenvalue weighted by atomic mass is 9.91. The summed E-state index contributed by atoms with van der Waals surface area (Å²) in [4.78, 5) is 14.4. The maximum Gasteiger partial charge on any atom is 0.321 e. The summed E-state index contributed by atoms with van der Waals surface area (Å²) in [5.41, 5.74) is 1.58. The largest absolute Gasteiger partial charge is 0.390 e. The van der Waals surface area contributed by atoms with Gasteiger partial charge in [-0.05, 0) is 49.2 Å². The second-order valence-electron chi connectivity index (χ2n) is 7.81. The Morgan fingerprint density at radius 1 is 1.20 bits per heavy atom. The van der Waals surface area contributed by atoms with E-state index in [1.807, 2.05) is 35.3 Å². The predicted molar refractivity (Wildman–Crippen MR) is 97.9 cm³/mol. The lowest BCUT2D eigenvalue weighted by Crippen LogP contribution is -2.40. The number of nitrogens with one attached hydrogen (secondary N) is 1. The van der Waals surface area contributed by atoms with Crippen LogP contribution in [0, 0.1) is 11.8 Å². The van der Waals surface area contributed by atoms with E-state index in [2.05, 4.69) is 23.5 Å². The van der Waals surface area contributed by atoms with E-state index in [0.717, 1.165) is 44.5 Å². The molecule has 2 aliphatic carbocycles. The Bertz CT molecular complexity index is 681. The summed E-state index contributed by atoms with van der Waals surface area (Å²) in [7, 11) is 0. The average molecular weight is 338 g/mol. The molecule has 1 aliphatic heterocycles. The average Bonchev–Trinajstić information content (AvgIpc) is 3.11. The third-order valence-corrected chi connectivity index (χ3v) is 5.81. The van der Waals surface area contributed by atoms with Crippen LogP contribution < -0.4 is 5.32 Å². The second-order valence-corrected chi connectivity index (χ2v) is 7.81. The zero-order chi connectivity index (χ0) is 17.3. The number of rotatable bonds is 3. The molecule has 1 aromatic carbocycles. The molecule has 0 aromatic heterocycles. The molecule has 1 saturated heterocycles. The maximum absolute atomic E-state index is 12.5. The number of urea groups is 1. The van der Waals surface area contributed by atoms with Gasteiger partial charge in [-0.2, -0.15) is 0 Å². The van der Waals surface area contributed by atoms with E-state index in [0.29, 0.717) is 18.3 Å². The number of hydrogen-bond donors (Lipinski definition) is 2. The fraction of sp³-hybridized carbons (Fsp3) is 0.476. The lowest BCUT2D eigenvalue weighted by Gasteiger charge is -2.26. The van der Waals surface area contributed by atoms with Crippen LogP contribution in [-0.4, -0.2) is 34.7 Å². The van der Waals surface area contributed by atoms with Gasteiger partial charge in [0.25, 0.3) is 0 Å². The molecule has 4 nitrogen and oxygen atoms in total. The quantitative estimate of drug-likeness (QED) is 0.889. The maximum atomic E-state index is 12.5. The summed E-state index contributed by atoms with van der Waals surface area (Å²) >= 11 is 0. The van der Waals surface area contributed by atoms with Crippen molar-refractivity contribution in [2.45, 2.75) is 37.7 Å². The highest BCUT2D eigenvalue weighted by molar-refractivity contribution is 5.76. The molecule has 2 amide bonds. The molecule has 25 heavy (non-hydrogen) atoms. The Morgan fingerprint density at radius 2 is 1.92 bits per heavy atom. The number of likely N-dealkylation sites (tertiary alicyclic amines) is 1. The van der Waals surface area contributed by atoms with Crippen molar-refractivity contribution in [2.24, 2.45) is 11.8 Å². The molecular formula is C21H26N2O2. The summed E-state index contributed by atoms with van der Waals surface area (Å²) in [5.74, 6) is 0.833. The molecule has 1 saturated carbocycles. The van der Waals surface area contributed by atoms with E-state index in [4.69, 9.17) is 0 Å². The molecule has 0 spiro atoms. The summed E-state index contributed by atoms with van der Waals surface area (Å²) in [5, 5.41) is 14.0. The van der Waals surface area contributed by atoms with Gasteiger partial charge in [0.15, 0.2) is 0 Å². The summed E-state index contributed by atoms with van der Waals surface area (Å²) in [6, 6.07) is 10.2. The third-order valence-electron chi connectivity index (χ3n) is 5.81. The zero-order valence-electron chi connectivity index (χ0n) is 14.5. The number of allylic oxidation sites excluding steroid dienone is 4. The van der Waals surface area contributed by atoms with Crippen LogP contribution in [0.3, 0.4) is 0 Å². The van der Waals surface area contributed by atoms with E-state index in [1.54, 1.807) is 0 Å². The van der Waals surface area contributed by atoms with Crippen LogP contribution in [0.5, 0.6) is 0 Å². The van der Waals surface area contributed by atoms with Crippen LogP contribution in [0.1, 0.15) is 31.2 Å². The molecule has 132 valence electrons. The van der Waals surface area contributed by atoms with Gasteiger partial charge in [0.2, 0.25) is 0 Å². The highest BCUT2D eigenvalue weighted by Gasteiger charge is 2.49. The monoisotopic (exact) mass is 338 g/mol. The molecule has 1 heterocycles. The Hall–Kier alpha value is -2.07. The summed E-state index contributed by atoms with van der Waals surface area (Å²) < 4.78 is 0. The molecule has 0 bridgehead atoms. The van der Waals surface area contributed by atoms with Gasteiger partial charge in [-0.25, -0.2) is 4.79 Å². The normalized spacial score (nSPS) is 30.9. The predicted octanol–water partition coefficient (Wildman–Crippen LogP) is 3.25. The van der Waals surface area contributed by atoms with Crippen molar-refractivity contribution >= 4 is 6.03 Å². The number of carbonyl (C=O) groups excluding carboxylic acids is 1. The van der Waals surface area contributed by atoms with E-state index in [1.165, 1.54) is 5.56 Å². The summed E-state index contributed by atoms with van der Waals surface area (Å²) in [6.07, 6.45) is 10.3. The van der Waals surface area contributed by atoms with Crippen LogP contribution in [0.25, 0.3) is 0 Å². The first kappa shape index (κ1) is 16.4. The standard InChI is InChI=1S/C21H26N2O2/c24-20(22-19-9-5-2-6-10-19)23-14-17-12-21(25,13-18(17)15-23)11-16-7-3-1-4-8-16/h1-5,7-9,17-18,25H,6,10-15H2,(H,22,24)/t17-,18+,21-. The fourth-order valence-corrected chi connectivity index (χ4v) is 4.67. The number of fused-ring (bicyclic) bond motifs is 1. The van der Waals surface area contributed by atoms with E-state index >= 15 is 0 Å². The highest BCUT2D eigenvalue weighted by Crippen LogP contribution is 2.45. The molecule has 2 fully saturated rings. The lowest BCUT2D eigenvalue weighted by molar-refractivity contribution is 0.0367. The first-order valence-corrected chi connectivity index (χ1v) is 9.29.